The molecule has 0 fully saturated rings. The lowest BCUT2D eigenvalue weighted by molar-refractivity contribution is 0.462. The maximum absolute atomic E-state index is 4.42. The van der Waals surface area contributed by atoms with Crippen LogP contribution in [0.4, 0.5) is 0 Å². The maximum Gasteiger partial charge on any atom is 0.193 e. The number of hydrogen-bond donors (Lipinski definition) is 1. The molecule has 0 aliphatic heterocycles. The first kappa shape index (κ1) is 16.3. The van der Waals surface area contributed by atoms with Gasteiger partial charge in [0.25, 0.3) is 0 Å². The van der Waals surface area contributed by atoms with E-state index < -0.39 is 0 Å². The molecule has 0 saturated carbocycles. The van der Waals surface area contributed by atoms with Crippen molar-refractivity contribution in [1.82, 2.24) is 19.8 Å². The highest BCUT2D eigenvalue weighted by molar-refractivity contribution is 5.79. The van der Waals surface area contributed by atoms with E-state index in [9.17, 15) is 0 Å². The minimum Gasteiger partial charge on any atom is -0.356 e. The molecule has 0 saturated heterocycles. The van der Waals surface area contributed by atoms with Crippen molar-refractivity contribution in [3.8, 4) is 0 Å². The van der Waals surface area contributed by atoms with Crippen LogP contribution in [0.1, 0.15) is 26.2 Å². The predicted molar refractivity (Wildman–Crippen MR) is 93.2 cm³/mol. The number of unbranched alkanes of at least 4 members (excludes halogenated alkanes) is 1. The summed E-state index contributed by atoms with van der Waals surface area (Å²) in [4.78, 5) is 10.9. The number of hydrogen-bond acceptors (Lipinski definition) is 2. The van der Waals surface area contributed by atoms with E-state index in [0.717, 1.165) is 37.5 Å². The Hall–Kier alpha value is -2.04. The van der Waals surface area contributed by atoms with Gasteiger partial charge in [-0.05, 0) is 25.0 Å². The number of rotatable bonds is 7. The van der Waals surface area contributed by atoms with Crippen molar-refractivity contribution >= 4 is 17.0 Å². The molecule has 1 aromatic heterocycles. The summed E-state index contributed by atoms with van der Waals surface area (Å²) in [5, 5.41) is 3.43. The first-order chi connectivity index (χ1) is 10.8. The molecular weight excluding hydrogens is 274 g/mol. The Morgan fingerprint density at radius 2 is 2.14 bits per heavy atom. The SMILES string of the molecule is CCCCN(C)C(=NC)NCCCn1cnc2ccccc21. The summed E-state index contributed by atoms with van der Waals surface area (Å²) in [5.41, 5.74) is 2.26. The minimum atomic E-state index is 0.912. The lowest BCUT2D eigenvalue weighted by Gasteiger charge is -2.21. The van der Waals surface area contributed by atoms with Gasteiger partial charge in [0.1, 0.15) is 0 Å². The summed E-state index contributed by atoms with van der Waals surface area (Å²) in [7, 11) is 3.93. The number of fused-ring (bicyclic) bond motifs is 1. The van der Waals surface area contributed by atoms with Crippen LogP contribution in [0.5, 0.6) is 0 Å². The number of benzene rings is 1. The Morgan fingerprint density at radius 1 is 1.32 bits per heavy atom. The highest BCUT2D eigenvalue weighted by Crippen LogP contribution is 2.11. The Kier molecular flexibility index (Phi) is 6.25. The molecule has 0 radical (unpaired) electrons. The van der Waals surface area contributed by atoms with Gasteiger partial charge in [-0.3, -0.25) is 4.99 Å². The van der Waals surface area contributed by atoms with E-state index in [0.29, 0.717) is 0 Å². The molecule has 1 N–H and O–H groups in total. The molecule has 22 heavy (non-hydrogen) atoms. The number of aromatic nitrogens is 2. The van der Waals surface area contributed by atoms with Crippen molar-refractivity contribution in [3.05, 3.63) is 30.6 Å². The van der Waals surface area contributed by atoms with Crippen LogP contribution in [0.2, 0.25) is 0 Å². The fourth-order valence-corrected chi connectivity index (χ4v) is 2.52. The quantitative estimate of drug-likeness (QED) is 0.486. The number of nitrogens with zero attached hydrogens (tertiary/aromatic N) is 4. The Morgan fingerprint density at radius 3 is 2.91 bits per heavy atom. The number of guanidine groups is 1. The largest absolute Gasteiger partial charge is 0.356 e. The third kappa shape index (κ3) is 4.23. The standard InChI is InChI=1S/C17H27N5/c1-4-5-12-21(3)17(18-2)19-11-8-13-22-14-20-15-9-6-7-10-16(15)22/h6-7,9-10,14H,4-5,8,11-13H2,1-3H3,(H,18,19). The van der Waals surface area contributed by atoms with Crippen LogP contribution in [-0.2, 0) is 6.54 Å². The zero-order chi connectivity index (χ0) is 15.8. The van der Waals surface area contributed by atoms with Gasteiger partial charge >= 0.3 is 0 Å². The molecule has 120 valence electrons. The molecular formula is C17H27N5. The second-order valence-electron chi connectivity index (χ2n) is 5.53. The van der Waals surface area contributed by atoms with E-state index >= 15 is 0 Å². The van der Waals surface area contributed by atoms with Crippen LogP contribution in [0.25, 0.3) is 11.0 Å². The molecule has 2 rings (SSSR count). The van der Waals surface area contributed by atoms with E-state index in [1.165, 1.54) is 18.4 Å². The molecule has 2 aromatic rings. The van der Waals surface area contributed by atoms with Gasteiger partial charge in [-0.15, -0.1) is 0 Å². The lowest BCUT2D eigenvalue weighted by atomic mass is 10.3. The molecule has 0 aliphatic rings. The average Bonchev–Trinajstić information content (AvgIpc) is 2.96. The highest BCUT2D eigenvalue weighted by Gasteiger charge is 2.05. The van der Waals surface area contributed by atoms with Crippen LogP contribution in [0.15, 0.2) is 35.6 Å². The van der Waals surface area contributed by atoms with Gasteiger partial charge in [0.05, 0.1) is 17.4 Å². The molecule has 0 spiro atoms. The van der Waals surface area contributed by atoms with E-state index in [4.69, 9.17) is 0 Å². The third-order valence-electron chi connectivity index (χ3n) is 3.81. The third-order valence-corrected chi connectivity index (χ3v) is 3.81. The molecule has 5 nitrogen and oxygen atoms in total. The van der Waals surface area contributed by atoms with Crippen molar-refractivity contribution in [3.63, 3.8) is 0 Å². The number of aliphatic imine (C=N–C) groups is 1. The van der Waals surface area contributed by atoms with Crippen LogP contribution in [-0.4, -0.2) is 47.6 Å². The van der Waals surface area contributed by atoms with E-state index in [2.05, 4.69) is 56.9 Å². The molecule has 0 amide bonds. The number of aryl methyl sites for hydroxylation is 1. The van der Waals surface area contributed by atoms with Gasteiger partial charge < -0.3 is 14.8 Å². The number of para-hydroxylation sites is 2. The summed E-state index contributed by atoms with van der Waals surface area (Å²) in [6.45, 7) is 5.13. The van der Waals surface area contributed by atoms with Gasteiger partial charge in [-0.25, -0.2) is 4.98 Å². The fourth-order valence-electron chi connectivity index (χ4n) is 2.52. The Bertz CT molecular complexity index is 602. The van der Waals surface area contributed by atoms with Gasteiger partial charge in [-0.2, -0.15) is 0 Å². The molecule has 5 heteroatoms. The molecule has 1 heterocycles. The predicted octanol–water partition coefficient (Wildman–Crippen LogP) is 2.73. The Labute approximate surface area is 133 Å². The van der Waals surface area contributed by atoms with Crippen molar-refractivity contribution in [1.29, 1.82) is 0 Å². The summed E-state index contributed by atoms with van der Waals surface area (Å²) < 4.78 is 2.21. The first-order valence-electron chi connectivity index (χ1n) is 8.08. The van der Waals surface area contributed by atoms with E-state index in [-0.39, 0.29) is 0 Å². The monoisotopic (exact) mass is 301 g/mol. The molecule has 0 unspecified atom stereocenters. The van der Waals surface area contributed by atoms with Gasteiger partial charge in [0.2, 0.25) is 0 Å². The van der Waals surface area contributed by atoms with Crippen LogP contribution in [0.3, 0.4) is 0 Å². The minimum absolute atomic E-state index is 0.912. The van der Waals surface area contributed by atoms with E-state index in [1.54, 1.807) is 0 Å². The van der Waals surface area contributed by atoms with Crippen molar-refractivity contribution < 1.29 is 0 Å². The molecule has 0 aliphatic carbocycles. The van der Waals surface area contributed by atoms with Crippen molar-refractivity contribution in [2.24, 2.45) is 4.99 Å². The summed E-state index contributed by atoms with van der Waals surface area (Å²) in [5.74, 6) is 0.976. The summed E-state index contributed by atoms with van der Waals surface area (Å²) in [6.07, 6.45) is 5.36. The smallest absolute Gasteiger partial charge is 0.193 e. The first-order valence-corrected chi connectivity index (χ1v) is 8.08. The van der Waals surface area contributed by atoms with Crippen LogP contribution in [0, 0.1) is 0 Å². The average molecular weight is 301 g/mol. The molecule has 0 bridgehead atoms. The molecule has 0 atom stereocenters. The van der Waals surface area contributed by atoms with Crippen LogP contribution >= 0.6 is 0 Å². The van der Waals surface area contributed by atoms with Crippen LogP contribution < -0.4 is 5.32 Å². The normalized spacial score (nSPS) is 11.9. The van der Waals surface area contributed by atoms with Crippen molar-refractivity contribution in [2.75, 3.05) is 27.2 Å². The topological polar surface area (TPSA) is 45.5 Å². The summed E-state index contributed by atoms with van der Waals surface area (Å²) >= 11 is 0. The molecule has 1 aromatic carbocycles. The summed E-state index contributed by atoms with van der Waals surface area (Å²) in [6, 6.07) is 8.25. The van der Waals surface area contributed by atoms with Gasteiger partial charge in [0, 0.05) is 33.7 Å². The second-order valence-corrected chi connectivity index (χ2v) is 5.53. The maximum atomic E-state index is 4.42. The lowest BCUT2D eigenvalue weighted by Crippen LogP contribution is -2.39. The van der Waals surface area contributed by atoms with Gasteiger partial charge in [0.15, 0.2) is 5.96 Å². The number of nitrogens with one attached hydrogen (secondary N) is 1. The van der Waals surface area contributed by atoms with E-state index in [1.807, 2.05) is 19.4 Å². The number of imidazole rings is 1. The Balaban J connectivity index is 1.79. The zero-order valence-electron chi connectivity index (χ0n) is 13.9. The van der Waals surface area contributed by atoms with Gasteiger partial charge in [-0.1, -0.05) is 25.5 Å². The fraction of sp³-hybridized carbons (Fsp3) is 0.529. The zero-order valence-corrected chi connectivity index (χ0v) is 13.9. The second kappa shape index (κ2) is 8.41. The van der Waals surface area contributed by atoms with Crippen molar-refractivity contribution in [2.45, 2.75) is 32.7 Å². The highest BCUT2D eigenvalue weighted by atomic mass is 15.3.